The van der Waals surface area contributed by atoms with Gasteiger partial charge in [0, 0.05) is 5.56 Å². The maximum atomic E-state index is 13.3. The van der Waals surface area contributed by atoms with Gasteiger partial charge < -0.3 is 4.42 Å². The van der Waals surface area contributed by atoms with Crippen molar-refractivity contribution in [2.24, 2.45) is 10.1 Å². The molecular formula is C19H14ClFN4O2S. The molecule has 0 atom stereocenters. The van der Waals surface area contributed by atoms with Gasteiger partial charge in [-0.3, -0.25) is 10.2 Å². The highest BCUT2D eigenvalue weighted by molar-refractivity contribution is 8.26. The van der Waals surface area contributed by atoms with Crippen LogP contribution in [0.4, 0.5) is 4.39 Å². The van der Waals surface area contributed by atoms with Crippen molar-refractivity contribution in [1.29, 1.82) is 5.41 Å². The van der Waals surface area contributed by atoms with E-state index < -0.39 is 11.7 Å². The minimum absolute atomic E-state index is 0.00724. The van der Waals surface area contributed by atoms with Crippen molar-refractivity contribution in [2.75, 3.05) is 0 Å². The monoisotopic (exact) mass is 416 g/mol. The third-order valence-electron chi connectivity index (χ3n) is 4.08. The van der Waals surface area contributed by atoms with E-state index in [-0.39, 0.29) is 16.4 Å². The van der Waals surface area contributed by atoms with Gasteiger partial charge in [-0.25, -0.2) is 4.39 Å². The second kappa shape index (κ2) is 7.37. The lowest BCUT2D eigenvalue weighted by molar-refractivity contribution is -0.114. The Labute approximate surface area is 169 Å². The van der Waals surface area contributed by atoms with E-state index in [0.29, 0.717) is 22.3 Å². The van der Waals surface area contributed by atoms with Gasteiger partial charge in [-0.2, -0.15) is 15.1 Å². The van der Waals surface area contributed by atoms with E-state index in [2.05, 4.69) is 10.1 Å². The fourth-order valence-electron chi connectivity index (χ4n) is 2.72. The molecule has 1 aromatic heterocycles. The van der Waals surface area contributed by atoms with E-state index in [0.717, 1.165) is 17.9 Å². The molecule has 0 spiro atoms. The first-order chi connectivity index (χ1) is 13.5. The molecule has 0 saturated carbocycles. The molecule has 142 valence electrons. The first kappa shape index (κ1) is 18.6. The summed E-state index contributed by atoms with van der Waals surface area (Å²) < 4.78 is 19.1. The van der Waals surface area contributed by atoms with E-state index in [4.69, 9.17) is 21.4 Å². The first-order valence-corrected chi connectivity index (χ1v) is 9.70. The number of hydrogen-bond donors (Lipinski definition) is 1. The molecule has 0 saturated heterocycles. The highest BCUT2D eigenvalue weighted by Gasteiger charge is 2.35. The van der Waals surface area contributed by atoms with Gasteiger partial charge in [0.05, 0.1) is 10.6 Å². The van der Waals surface area contributed by atoms with Gasteiger partial charge in [-0.1, -0.05) is 18.5 Å². The third kappa shape index (κ3) is 3.41. The van der Waals surface area contributed by atoms with Gasteiger partial charge in [0.1, 0.15) is 22.4 Å². The number of hydrogen-bond acceptors (Lipinski definition) is 5. The SMILES string of the molecule is CCCC1=NN2C(=N)/C(=C/c3ccc(-c4ccc(F)c(Cl)c4)o3)C(=O)N=C2S1. The Morgan fingerprint density at radius 3 is 2.93 bits per heavy atom. The van der Waals surface area contributed by atoms with Gasteiger partial charge >= 0.3 is 0 Å². The number of furan rings is 1. The van der Waals surface area contributed by atoms with Crippen LogP contribution in [0.25, 0.3) is 17.4 Å². The lowest BCUT2D eigenvalue weighted by Gasteiger charge is -2.19. The number of aliphatic imine (C=N–C) groups is 1. The summed E-state index contributed by atoms with van der Waals surface area (Å²) in [6.45, 7) is 2.03. The second-order valence-electron chi connectivity index (χ2n) is 6.09. The van der Waals surface area contributed by atoms with Crippen LogP contribution in [0.3, 0.4) is 0 Å². The van der Waals surface area contributed by atoms with Crippen molar-refractivity contribution in [2.45, 2.75) is 19.8 Å². The molecule has 3 heterocycles. The number of carbonyl (C=O) groups is 1. The third-order valence-corrected chi connectivity index (χ3v) is 5.34. The standard InChI is InChI=1S/C19H14ClFN4O2S/c1-2-3-16-24-25-17(22)12(18(26)23-19(25)28-16)9-11-5-7-15(27-11)10-4-6-14(21)13(20)8-10/h4-9,22H,2-3H2,1H3/b12-9-,22-17?. The van der Waals surface area contributed by atoms with E-state index in [1.165, 1.54) is 35.0 Å². The quantitative estimate of drug-likeness (QED) is 0.698. The number of nitrogens with one attached hydrogen (secondary N) is 1. The molecule has 1 amide bonds. The summed E-state index contributed by atoms with van der Waals surface area (Å²) in [5, 5.41) is 15.3. The molecule has 4 rings (SSSR count). The second-order valence-corrected chi connectivity index (χ2v) is 7.54. The smallest absolute Gasteiger partial charge is 0.283 e. The molecule has 6 nitrogen and oxygen atoms in total. The van der Waals surface area contributed by atoms with E-state index >= 15 is 0 Å². The molecule has 1 N–H and O–H groups in total. The number of amides is 1. The molecular weight excluding hydrogens is 403 g/mol. The molecule has 1 aromatic carbocycles. The van der Waals surface area contributed by atoms with Gasteiger partial charge in [0.25, 0.3) is 5.91 Å². The summed E-state index contributed by atoms with van der Waals surface area (Å²) >= 11 is 7.12. The van der Waals surface area contributed by atoms with Gasteiger partial charge in [-0.15, -0.1) is 0 Å². The number of amidine groups is 2. The van der Waals surface area contributed by atoms with Crippen molar-refractivity contribution in [1.82, 2.24) is 5.01 Å². The van der Waals surface area contributed by atoms with Crippen molar-refractivity contribution in [3.8, 4) is 11.3 Å². The lowest BCUT2D eigenvalue weighted by atomic mass is 10.1. The summed E-state index contributed by atoms with van der Waals surface area (Å²) in [6, 6.07) is 7.61. The summed E-state index contributed by atoms with van der Waals surface area (Å²) in [6.07, 6.45) is 3.14. The number of halogens is 2. The van der Waals surface area contributed by atoms with Crippen LogP contribution in [0, 0.1) is 11.2 Å². The van der Waals surface area contributed by atoms with Crippen LogP contribution in [0.5, 0.6) is 0 Å². The Balaban J connectivity index is 1.63. The Morgan fingerprint density at radius 2 is 2.18 bits per heavy atom. The molecule has 0 aliphatic carbocycles. The van der Waals surface area contributed by atoms with Gasteiger partial charge in [0.15, 0.2) is 5.84 Å². The number of carbonyl (C=O) groups excluding carboxylic acids is 1. The van der Waals surface area contributed by atoms with E-state index in [1.807, 2.05) is 6.92 Å². The fourth-order valence-corrected chi connectivity index (χ4v) is 3.89. The Morgan fingerprint density at radius 1 is 1.36 bits per heavy atom. The van der Waals surface area contributed by atoms with Crippen LogP contribution in [0.1, 0.15) is 25.5 Å². The van der Waals surface area contributed by atoms with Gasteiger partial charge in [-0.05, 0) is 61.0 Å². The minimum Gasteiger partial charge on any atom is -0.457 e. The summed E-state index contributed by atoms with van der Waals surface area (Å²) in [7, 11) is 0. The zero-order valence-electron chi connectivity index (χ0n) is 14.7. The fraction of sp³-hybridized carbons (Fsp3) is 0.158. The predicted octanol–water partition coefficient (Wildman–Crippen LogP) is 5.16. The topological polar surface area (TPSA) is 82.0 Å². The molecule has 0 fully saturated rings. The van der Waals surface area contributed by atoms with Crippen LogP contribution < -0.4 is 0 Å². The van der Waals surface area contributed by atoms with E-state index in [1.54, 1.807) is 18.2 Å². The number of benzene rings is 1. The van der Waals surface area contributed by atoms with Crippen LogP contribution in [-0.2, 0) is 4.79 Å². The molecule has 0 unspecified atom stereocenters. The normalized spacial score (nSPS) is 17.8. The number of fused-ring (bicyclic) bond motifs is 1. The van der Waals surface area contributed by atoms with Crippen molar-refractivity contribution in [3.05, 3.63) is 52.5 Å². The molecule has 2 aliphatic rings. The summed E-state index contributed by atoms with van der Waals surface area (Å²) in [5.74, 6) is -0.240. The number of thioether (sulfide) groups is 1. The number of nitrogens with zero attached hydrogens (tertiary/aromatic N) is 3. The van der Waals surface area contributed by atoms with Crippen molar-refractivity contribution >= 4 is 51.4 Å². The zero-order chi connectivity index (χ0) is 19.8. The molecule has 28 heavy (non-hydrogen) atoms. The highest BCUT2D eigenvalue weighted by atomic mass is 35.5. The Kier molecular flexibility index (Phi) is 4.91. The maximum Gasteiger partial charge on any atom is 0.283 e. The van der Waals surface area contributed by atoms with Crippen LogP contribution in [0.15, 0.2) is 50.4 Å². The Bertz CT molecular complexity index is 1090. The lowest BCUT2D eigenvalue weighted by Crippen LogP contribution is -2.35. The summed E-state index contributed by atoms with van der Waals surface area (Å²) in [4.78, 5) is 16.4. The molecule has 2 aliphatic heterocycles. The molecule has 0 bridgehead atoms. The van der Waals surface area contributed by atoms with Crippen molar-refractivity contribution in [3.63, 3.8) is 0 Å². The van der Waals surface area contributed by atoms with Crippen LogP contribution in [0.2, 0.25) is 5.02 Å². The van der Waals surface area contributed by atoms with Crippen LogP contribution >= 0.6 is 23.4 Å². The Hall–Kier alpha value is -2.71. The largest absolute Gasteiger partial charge is 0.457 e. The molecule has 0 radical (unpaired) electrons. The predicted molar refractivity (Wildman–Crippen MR) is 109 cm³/mol. The molecule has 9 heteroatoms. The maximum absolute atomic E-state index is 13.3. The highest BCUT2D eigenvalue weighted by Crippen LogP contribution is 2.31. The average Bonchev–Trinajstić information content (AvgIpc) is 3.28. The minimum atomic E-state index is -0.514. The van der Waals surface area contributed by atoms with Gasteiger partial charge in [0.2, 0.25) is 5.17 Å². The zero-order valence-corrected chi connectivity index (χ0v) is 16.3. The van der Waals surface area contributed by atoms with E-state index in [9.17, 15) is 9.18 Å². The molecule has 2 aromatic rings. The number of hydrazone groups is 1. The van der Waals surface area contributed by atoms with Crippen LogP contribution in [-0.4, -0.2) is 27.0 Å². The number of rotatable bonds is 4. The van der Waals surface area contributed by atoms with Crippen molar-refractivity contribution < 1.29 is 13.6 Å². The average molecular weight is 417 g/mol. The summed E-state index contributed by atoms with van der Waals surface area (Å²) in [5.41, 5.74) is 0.690. The first-order valence-electron chi connectivity index (χ1n) is 8.50.